The van der Waals surface area contributed by atoms with Crippen LogP contribution in [0.25, 0.3) is 0 Å². The SMILES string of the molecule is CC1(C)CC(NC(=NCC2CCCO2)NCCc2ccco2)c2ccccc2O1. The van der Waals surface area contributed by atoms with E-state index in [4.69, 9.17) is 18.9 Å². The molecule has 29 heavy (non-hydrogen) atoms. The van der Waals surface area contributed by atoms with Crippen LogP contribution in [0.2, 0.25) is 0 Å². The van der Waals surface area contributed by atoms with Gasteiger partial charge in [-0.05, 0) is 44.9 Å². The van der Waals surface area contributed by atoms with E-state index in [2.05, 4.69) is 36.6 Å². The minimum Gasteiger partial charge on any atom is -0.487 e. The van der Waals surface area contributed by atoms with Crippen molar-refractivity contribution in [3.05, 3.63) is 54.0 Å². The van der Waals surface area contributed by atoms with Gasteiger partial charge in [-0.15, -0.1) is 0 Å². The van der Waals surface area contributed by atoms with E-state index in [0.29, 0.717) is 6.54 Å². The van der Waals surface area contributed by atoms with Gasteiger partial charge in [0.25, 0.3) is 0 Å². The fourth-order valence-electron chi connectivity index (χ4n) is 3.99. The van der Waals surface area contributed by atoms with Gasteiger partial charge in [-0.2, -0.15) is 0 Å². The molecular formula is C23H31N3O3. The summed E-state index contributed by atoms with van der Waals surface area (Å²) in [6, 6.07) is 12.3. The summed E-state index contributed by atoms with van der Waals surface area (Å²) >= 11 is 0. The summed E-state index contributed by atoms with van der Waals surface area (Å²) in [5.41, 5.74) is 0.935. The lowest BCUT2D eigenvalue weighted by Gasteiger charge is -2.38. The normalized spacial score (nSPS) is 23.3. The number of hydrogen-bond donors (Lipinski definition) is 2. The van der Waals surface area contributed by atoms with Crippen molar-refractivity contribution >= 4 is 5.96 Å². The topological polar surface area (TPSA) is 68.0 Å². The molecule has 0 saturated carbocycles. The quantitative estimate of drug-likeness (QED) is 0.573. The van der Waals surface area contributed by atoms with Gasteiger partial charge in [0.1, 0.15) is 17.1 Å². The first kappa shape index (κ1) is 19.8. The predicted octanol–water partition coefficient (Wildman–Crippen LogP) is 3.84. The molecule has 1 fully saturated rings. The third kappa shape index (κ3) is 5.32. The number of rotatable bonds is 6. The molecule has 2 aliphatic heterocycles. The highest BCUT2D eigenvalue weighted by Gasteiger charge is 2.34. The molecule has 0 amide bonds. The monoisotopic (exact) mass is 397 g/mol. The zero-order valence-electron chi connectivity index (χ0n) is 17.3. The number of para-hydroxylation sites is 1. The van der Waals surface area contributed by atoms with Gasteiger partial charge in [-0.1, -0.05) is 18.2 Å². The summed E-state index contributed by atoms with van der Waals surface area (Å²) in [6.45, 7) is 6.52. The molecule has 0 radical (unpaired) electrons. The molecule has 4 rings (SSSR count). The van der Waals surface area contributed by atoms with Crippen LogP contribution in [0.15, 0.2) is 52.1 Å². The molecule has 2 N–H and O–H groups in total. The van der Waals surface area contributed by atoms with Crippen molar-refractivity contribution in [2.75, 3.05) is 19.7 Å². The molecule has 2 unspecified atom stereocenters. The number of nitrogens with one attached hydrogen (secondary N) is 2. The maximum absolute atomic E-state index is 6.17. The van der Waals surface area contributed by atoms with E-state index in [-0.39, 0.29) is 17.7 Å². The average molecular weight is 398 g/mol. The molecule has 0 bridgehead atoms. The summed E-state index contributed by atoms with van der Waals surface area (Å²) in [5.74, 6) is 2.72. The van der Waals surface area contributed by atoms with Crippen LogP contribution < -0.4 is 15.4 Å². The van der Waals surface area contributed by atoms with Crippen molar-refractivity contribution < 1.29 is 13.9 Å². The first-order valence-electron chi connectivity index (χ1n) is 10.6. The minimum atomic E-state index is -0.236. The lowest BCUT2D eigenvalue weighted by atomic mass is 9.90. The van der Waals surface area contributed by atoms with E-state index in [1.54, 1.807) is 6.26 Å². The van der Waals surface area contributed by atoms with Crippen LogP contribution in [-0.4, -0.2) is 37.4 Å². The summed E-state index contributed by atoms with van der Waals surface area (Å²) in [5, 5.41) is 7.11. The van der Waals surface area contributed by atoms with E-state index in [9.17, 15) is 0 Å². The van der Waals surface area contributed by atoms with Gasteiger partial charge >= 0.3 is 0 Å². The molecule has 0 spiro atoms. The number of benzene rings is 1. The standard InChI is InChI=1S/C23H31N3O3/c1-23(2)15-20(19-9-3-4-10-21(19)29-23)26-22(25-16-18-8-6-14-28-18)24-12-11-17-7-5-13-27-17/h3-5,7,9-10,13,18,20H,6,8,11-12,14-16H2,1-2H3,(H2,24,25,26). The largest absolute Gasteiger partial charge is 0.487 e. The van der Waals surface area contributed by atoms with Crippen LogP contribution in [0, 0.1) is 0 Å². The number of aliphatic imine (C=N–C) groups is 1. The molecule has 0 aliphatic carbocycles. The van der Waals surface area contributed by atoms with Crippen molar-refractivity contribution in [1.29, 1.82) is 0 Å². The highest BCUT2D eigenvalue weighted by atomic mass is 16.5. The summed E-state index contributed by atoms with van der Waals surface area (Å²) < 4.78 is 17.4. The first-order valence-corrected chi connectivity index (χ1v) is 10.6. The Bertz CT molecular complexity index is 811. The highest BCUT2D eigenvalue weighted by molar-refractivity contribution is 5.80. The van der Waals surface area contributed by atoms with Gasteiger partial charge < -0.3 is 24.5 Å². The van der Waals surface area contributed by atoms with E-state index < -0.39 is 0 Å². The molecule has 3 heterocycles. The second kappa shape index (κ2) is 8.91. The molecule has 2 atom stereocenters. The van der Waals surface area contributed by atoms with Crippen LogP contribution in [0.3, 0.4) is 0 Å². The molecule has 6 nitrogen and oxygen atoms in total. The summed E-state index contributed by atoms with van der Waals surface area (Å²) in [4.78, 5) is 4.84. The van der Waals surface area contributed by atoms with Crippen LogP contribution in [-0.2, 0) is 11.2 Å². The van der Waals surface area contributed by atoms with Gasteiger partial charge in [0.15, 0.2) is 5.96 Å². The lowest BCUT2D eigenvalue weighted by Crippen LogP contribution is -2.46. The zero-order valence-corrected chi connectivity index (χ0v) is 17.3. The van der Waals surface area contributed by atoms with Crippen molar-refractivity contribution in [2.24, 2.45) is 4.99 Å². The molecule has 2 aromatic rings. The summed E-state index contributed by atoms with van der Waals surface area (Å²) in [6.07, 6.45) is 5.80. The van der Waals surface area contributed by atoms with Gasteiger partial charge in [0, 0.05) is 31.6 Å². The first-order chi connectivity index (χ1) is 14.1. The number of hydrogen-bond acceptors (Lipinski definition) is 4. The maximum Gasteiger partial charge on any atom is 0.191 e. The molecule has 1 aromatic carbocycles. The zero-order chi connectivity index (χ0) is 20.1. The number of ether oxygens (including phenoxy) is 2. The molecule has 1 saturated heterocycles. The van der Waals surface area contributed by atoms with Crippen LogP contribution in [0.1, 0.15) is 50.5 Å². The van der Waals surface area contributed by atoms with Crippen LogP contribution in [0.5, 0.6) is 5.75 Å². The average Bonchev–Trinajstić information content (AvgIpc) is 3.39. The van der Waals surface area contributed by atoms with E-state index in [1.165, 1.54) is 5.56 Å². The Kier molecular flexibility index (Phi) is 6.09. The fraction of sp³-hybridized carbons (Fsp3) is 0.522. The lowest BCUT2D eigenvalue weighted by molar-refractivity contribution is 0.0693. The van der Waals surface area contributed by atoms with Gasteiger partial charge in [0.05, 0.1) is 25.0 Å². The Balaban J connectivity index is 1.46. The Hall–Kier alpha value is -2.47. The fourth-order valence-corrected chi connectivity index (χ4v) is 3.99. The van der Waals surface area contributed by atoms with Gasteiger partial charge in [-0.25, -0.2) is 0 Å². The third-order valence-electron chi connectivity index (χ3n) is 5.41. The van der Waals surface area contributed by atoms with Gasteiger partial charge in [-0.3, -0.25) is 4.99 Å². The van der Waals surface area contributed by atoms with E-state index >= 15 is 0 Å². The molecule has 1 aromatic heterocycles. The van der Waals surface area contributed by atoms with Crippen LogP contribution >= 0.6 is 0 Å². The Morgan fingerprint density at radius 3 is 2.90 bits per heavy atom. The van der Waals surface area contributed by atoms with Crippen LogP contribution in [0.4, 0.5) is 0 Å². The Labute approximate surface area is 172 Å². The Morgan fingerprint density at radius 1 is 1.21 bits per heavy atom. The minimum absolute atomic E-state index is 0.134. The second-order valence-corrected chi connectivity index (χ2v) is 8.38. The number of furan rings is 1. The van der Waals surface area contributed by atoms with Crippen molar-refractivity contribution in [3.63, 3.8) is 0 Å². The molecule has 156 valence electrons. The second-order valence-electron chi connectivity index (χ2n) is 8.38. The molecule has 2 aliphatic rings. The van der Waals surface area contributed by atoms with Crippen molar-refractivity contribution in [2.45, 2.75) is 57.3 Å². The van der Waals surface area contributed by atoms with Gasteiger partial charge in [0.2, 0.25) is 0 Å². The number of nitrogens with zero attached hydrogens (tertiary/aromatic N) is 1. The molecular weight excluding hydrogens is 366 g/mol. The predicted molar refractivity (Wildman–Crippen MR) is 113 cm³/mol. The van der Waals surface area contributed by atoms with Crippen molar-refractivity contribution in [1.82, 2.24) is 10.6 Å². The smallest absolute Gasteiger partial charge is 0.191 e. The summed E-state index contributed by atoms with van der Waals surface area (Å²) in [7, 11) is 0. The Morgan fingerprint density at radius 2 is 2.10 bits per heavy atom. The highest BCUT2D eigenvalue weighted by Crippen LogP contribution is 2.39. The number of fused-ring (bicyclic) bond motifs is 1. The third-order valence-corrected chi connectivity index (χ3v) is 5.41. The van der Waals surface area contributed by atoms with Crippen molar-refractivity contribution in [3.8, 4) is 5.75 Å². The van der Waals surface area contributed by atoms with E-state index in [0.717, 1.165) is 56.3 Å². The van der Waals surface area contributed by atoms with E-state index in [1.807, 2.05) is 24.3 Å². The number of guanidine groups is 1. The maximum atomic E-state index is 6.17. The molecule has 6 heteroatoms.